The van der Waals surface area contributed by atoms with Crippen molar-refractivity contribution in [2.24, 2.45) is 0 Å². The first-order valence-corrected chi connectivity index (χ1v) is 7.92. The molecule has 0 saturated heterocycles. The zero-order chi connectivity index (χ0) is 15.7. The molecule has 22 heavy (non-hydrogen) atoms. The number of phenolic OH excluding ortho intramolecular Hbond substituents is 1. The predicted molar refractivity (Wildman–Crippen MR) is 88.5 cm³/mol. The average Bonchev–Trinajstić information content (AvgIpc) is 2.89. The molecule has 0 fully saturated rings. The highest BCUT2D eigenvalue weighted by molar-refractivity contribution is 6.35. The zero-order valence-electron chi connectivity index (χ0n) is 11.9. The van der Waals surface area contributed by atoms with Crippen molar-refractivity contribution in [3.63, 3.8) is 0 Å². The Morgan fingerprint density at radius 3 is 2.73 bits per heavy atom. The highest BCUT2D eigenvalue weighted by Gasteiger charge is 2.37. The van der Waals surface area contributed by atoms with Crippen LogP contribution >= 0.6 is 23.2 Å². The quantitative estimate of drug-likeness (QED) is 0.798. The molecule has 2 aromatic carbocycles. The summed E-state index contributed by atoms with van der Waals surface area (Å²) in [7, 11) is 0. The van der Waals surface area contributed by atoms with Crippen molar-refractivity contribution >= 4 is 23.2 Å². The van der Waals surface area contributed by atoms with Gasteiger partial charge in [0.05, 0.1) is 17.2 Å². The first-order valence-electron chi connectivity index (χ1n) is 7.17. The molecule has 0 aromatic heterocycles. The number of rotatable bonds is 4. The molecule has 0 heterocycles. The topological polar surface area (TPSA) is 52.5 Å². The lowest BCUT2D eigenvalue weighted by Gasteiger charge is -2.30. The molecular formula is C17H17Cl2NO2. The van der Waals surface area contributed by atoms with Gasteiger partial charge in [0.25, 0.3) is 0 Å². The van der Waals surface area contributed by atoms with Gasteiger partial charge in [-0.05, 0) is 36.1 Å². The number of aromatic hydroxyl groups is 1. The van der Waals surface area contributed by atoms with Crippen LogP contribution in [0.25, 0.3) is 0 Å². The summed E-state index contributed by atoms with van der Waals surface area (Å²) in [5.74, 6) is 0.0259. The van der Waals surface area contributed by atoms with Crippen molar-refractivity contribution in [3.05, 3.63) is 63.1 Å². The van der Waals surface area contributed by atoms with Crippen molar-refractivity contribution in [2.45, 2.75) is 24.9 Å². The first kappa shape index (κ1) is 15.6. The molecule has 0 aliphatic heterocycles. The maximum atomic E-state index is 10.1. The van der Waals surface area contributed by atoms with E-state index >= 15 is 0 Å². The lowest BCUT2D eigenvalue weighted by molar-refractivity contribution is 0.158. The fraction of sp³-hybridized carbons (Fsp3) is 0.294. The summed E-state index contributed by atoms with van der Waals surface area (Å²) in [5.41, 5.74) is 2.50. The number of hydrogen-bond donors (Lipinski definition) is 3. The van der Waals surface area contributed by atoms with E-state index in [1.165, 1.54) is 11.6 Å². The molecular weight excluding hydrogens is 321 g/mol. The summed E-state index contributed by atoms with van der Waals surface area (Å²) in [6.07, 6.45) is 1.74. The number of benzene rings is 2. The van der Waals surface area contributed by atoms with Gasteiger partial charge >= 0.3 is 0 Å². The van der Waals surface area contributed by atoms with Crippen LogP contribution in [0, 0.1) is 0 Å². The molecule has 1 unspecified atom stereocenters. The Kier molecular flexibility index (Phi) is 4.33. The molecule has 1 atom stereocenters. The third-order valence-electron chi connectivity index (χ3n) is 4.35. The van der Waals surface area contributed by atoms with Crippen molar-refractivity contribution in [3.8, 4) is 5.75 Å². The largest absolute Gasteiger partial charge is 0.506 e. The van der Waals surface area contributed by atoms with Gasteiger partial charge < -0.3 is 15.5 Å². The monoisotopic (exact) mass is 337 g/mol. The summed E-state index contributed by atoms with van der Waals surface area (Å²) in [6.45, 7) is 0.375. The van der Waals surface area contributed by atoms with Gasteiger partial charge in [-0.25, -0.2) is 0 Å². The summed E-state index contributed by atoms with van der Waals surface area (Å²) >= 11 is 11.9. The molecule has 0 amide bonds. The third kappa shape index (κ3) is 2.70. The van der Waals surface area contributed by atoms with Crippen LogP contribution in [-0.4, -0.2) is 16.8 Å². The summed E-state index contributed by atoms with van der Waals surface area (Å²) in [5, 5.41) is 24.1. The molecule has 0 bridgehead atoms. The molecule has 0 spiro atoms. The van der Waals surface area contributed by atoms with Crippen LogP contribution in [-0.2, 0) is 18.5 Å². The van der Waals surface area contributed by atoms with Crippen LogP contribution in [0.3, 0.4) is 0 Å². The molecule has 0 radical (unpaired) electrons. The molecule has 116 valence electrons. The number of nitrogens with one attached hydrogen (secondary N) is 1. The minimum absolute atomic E-state index is 0.000920. The highest BCUT2D eigenvalue weighted by Crippen LogP contribution is 2.38. The maximum absolute atomic E-state index is 10.1. The van der Waals surface area contributed by atoms with E-state index < -0.39 is 5.54 Å². The standard InChI is InChI=1S/C17H17Cl2NO2/c18-13-7-12(16(22)15(19)8-13)9-20-17(10-21)6-5-11-3-1-2-4-14(11)17/h1-4,7-8,20-22H,5-6,9-10H2. The van der Waals surface area contributed by atoms with Gasteiger partial charge in [-0.1, -0.05) is 47.5 Å². The van der Waals surface area contributed by atoms with E-state index in [0.717, 1.165) is 18.4 Å². The van der Waals surface area contributed by atoms with Gasteiger partial charge in [0.1, 0.15) is 5.75 Å². The van der Waals surface area contributed by atoms with Gasteiger partial charge in [0.15, 0.2) is 0 Å². The maximum Gasteiger partial charge on any atom is 0.138 e. The minimum Gasteiger partial charge on any atom is -0.506 e. The Balaban J connectivity index is 1.87. The average molecular weight is 338 g/mol. The SMILES string of the molecule is OCC1(NCc2cc(Cl)cc(Cl)c2O)CCc2ccccc21. The second-order valence-corrected chi connectivity index (χ2v) is 6.49. The van der Waals surface area contributed by atoms with E-state index in [-0.39, 0.29) is 17.4 Å². The Bertz CT molecular complexity index is 705. The molecule has 0 saturated carbocycles. The second kappa shape index (κ2) is 6.09. The van der Waals surface area contributed by atoms with Crippen molar-refractivity contribution < 1.29 is 10.2 Å². The van der Waals surface area contributed by atoms with E-state index in [4.69, 9.17) is 23.2 Å². The number of hydrogen-bond acceptors (Lipinski definition) is 3. The van der Waals surface area contributed by atoms with Gasteiger partial charge in [-0.2, -0.15) is 0 Å². The fourth-order valence-corrected chi connectivity index (χ4v) is 3.65. The Hall–Kier alpha value is -1.26. The predicted octanol–water partition coefficient (Wildman–Crippen LogP) is 3.62. The van der Waals surface area contributed by atoms with Crippen LogP contribution < -0.4 is 5.32 Å². The molecule has 2 aromatic rings. The zero-order valence-corrected chi connectivity index (χ0v) is 13.5. The van der Waals surface area contributed by atoms with Gasteiger partial charge in [-0.15, -0.1) is 0 Å². The lowest BCUT2D eigenvalue weighted by Crippen LogP contribution is -2.43. The van der Waals surface area contributed by atoms with Crippen molar-refractivity contribution in [2.75, 3.05) is 6.61 Å². The van der Waals surface area contributed by atoms with Crippen molar-refractivity contribution in [1.82, 2.24) is 5.32 Å². The van der Waals surface area contributed by atoms with Crippen LogP contribution in [0.2, 0.25) is 10.0 Å². The molecule has 3 nitrogen and oxygen atoms in total. The molecule has 1 aliphatic rings. The summed E-state index contributed by atoms with van der Waals surface area (Å²) in [4.78, 5) is 0. The summed E-state index contributed by atoms with van der Waals surface area (Å²) in [6, 6.07) is 11.3. The third-order valence-corrected chi connectivity index (χ3v) is 4.85. The molecule has 5 heteroatoms. The number of fused-ring (bicyclic) bond motifs is 1. The van der Waals surface area contributed by atoms with Gasteiger partial charge in [-0.3, -0.25) is 0 Å². The fourth-order valence-electron chi connectivity index (χ4n) is 3.11. The lowest BCUT2D eigenvalue weighted by atomic mass is 9.92. The number of aliphatic hydroxyl groups is 1. The van der Waals surface area contributed by atoms with Gasteiger partial charge in [0, 0.05) is 17.1 Å². The number of phenols is 1. The molecule has 1 aliphatic carbocycles. The Labute approximate surface area is 139 Å². The van der Waals surface area contributed by atoms with E-state index in [2.05, 4.69) is 11.4 Å². The van der Waals surface area contributed by atoms with Crippen LogP contribution in [0.1, 0.15) is 23.1 Å². The van der Waals surface area contributed by atoms with Crippen LogP contribution in [0.5, 0.6) is 5.75 Å². The van der Waals surface area contributed by atoms with Crippen LogP contribution in [0.15, 0.2) is 36.4 Å². The Morgan fingerprint density at radius 2 is 1.95 bits per heavy atom. The number of aryl methyl sites for hydroxylation is 1. The van der Waals surface area contributed by atoms with Crippen LogP contribution in [0.4, 0.5) is 0 Å². The van der Waals surface area contributed by atoms with Crippen molar-refractivity contribution in [1.29, 1.82) is 0 Å². The van der Waals surface area contributed by atoms with E-state index in [9.17, 15) is 10.2 Å². The smallest absolute Gasteiger partial charge is 0.138 e. The molecule has 3 N–H and O–H groups in total. The van der Waals surface area contributed by atoms with Gasteiger partial charge in [0.2, 0.25) is 0 Å². The van der Waals surface area contributed by atoms with E-state index in [1.807, 2.05) is 18.2 Å². The van der Waals surface area contributed by atoms with E-state index in [0.29, 0.717) is 17.1 Å². The number of aliphatic hydroxyl groups excluding tert-OH is 1. The Morgan fingerprint density at radius 1 is 1.18 bits per heavy atom. The second-order valence-electron chi connectivity index (χ2n) is 5.65. The summed E-state index contributed by atoms with van der Waals surface area (Å²) < 4.78 is 0. The normalized spacial score (nSPS) is 20.1. The van der Waals surface area contributed by atoms with E-state index in [1.54, 1.807) is 6.07 Å². The highest BCUT2D eigenvalue weighted by atomic mass is 35.5. The number of halogens is 2. The first-order chi connectivity index (χ1) is 10.6. The molecule has 3 rings (SSSR count). The minimum atomic E-state index is -0.488.